The Morgan fingerprint density at radius 2 is 1.78 bits per heavy atom. The molecule has 2 fully saturated rings. The third-order valence-electron chi connectivity index (χ3n) is 7.39. The van der Waals surface area contributed by atoms with E-state index in [4.69, 9.17) is 23.4 Å². The van der Waals surface area contributed by atoms with Gasteiger partial charge in [-0.2, -0.15) is 0 Å². The number of esters is 1. The van der Waals surface area contributed by atoms with Crippen molar-refractivity contribution >= 4 is 32.2 Å². The lowest BCUT2D eigenvalue weighted by Crippen LogP contribution is -2.74. The summed E-state index contributed by atoms with van der Waals surface area (Å²) in [5.74, 6) is -2.51. The molecule has 0 saturated carbocycles. The highest BCUT2D eigenvalue weighted by Gasteiger charge is 2.66. The number of nitrogens with zero attached hydrogens (tertiary/aromatic N) is 2. The van der Waals surface area contributed by atoms with E-state index in [1.54, 1.807) is 0 Å². The molecule has 204 valence electrons. The van der Waals surface area contributed by atoms with Crippen molar-refractivity contribution in [1.82, 2.24) is 9.80 Å². The van der Waals surface area contributed by atoms with Crippen LogP contribution in [0, 0.1) is 0 Å². The molecule has 0 spiro atoms. The Morgan fingerprint density at radius 1 is 1.14 bits per heavy atom. The number of carbonyl (C=O) groups excluding carboxylic acids is 4. The normalized spacial score (nSPS) is 25.2. The third kappa shape index (κ3) is 5.51. The van der Waals surface area contributed by atoms with Gasteiger partial charge in [0.1, 0.15) is 6.79 Å². The molecule has 0 bridgehead atoms. The second kappa shape index (κ2) is 11.4. The van der Waals surface area contributed by atoms with E-state index in [0.717, 1.165) is 19.8 Å². The van der Waals surface area contributed by atoms with Gasteiger partial charge in [0.05, 0.1) is 26.9 Å². The zero-order valence-electron chi connectivity index (χ0n) is 22.8. The van der Waals surface area contributed by atoms with Crippen LogP contribution in [0.2, 0.25) is 18.1 Å². The van der Waals surface area contributed by atoms with Gasteiger partial charge in [-0.15, -0.1) is 0 Å². The Hall–Kier alpha value is -2.28. The Bertz CT molecular complexity index is 899. The first-order chi connectivity index (χ1) is 16.7. The zero-order chi connectivity index (χ0) is 27.5. The van der Waals surface area contributed by atoms with Crippen LogP contribution < -0.4 is 0 Å². The topological polar surface area (TPSA) is 121 Å². The highest BCUT2D eigenvalue weighted by atomic mass is 28.4. The SMILES string of the molecule is COCO[C@H]1CCN2C(=O)C(C(=O)OC)N(C(=O)OC)C(=O)[C@@]12C/C=C(\C)CO[Si](C)(C)C(C)(C)C. The van der Waals surface area contributed by atoms with E-state index in [1.165, 1.54) is 12.0 Å². The summed E-state index contributed by atoms with van der Waals surface area (Å²) >= 11 is 0. The van der Waals surface area contributed by atoms with Crippen LogP contribution in [-0.4, -0.2) is 101 Å². The molecule has 12 heteroatoms. The molecule has 0 aromatic heterocycles. The van der Waals surface area contributed by atoms with Crippen molar-refractivity contribution in [2.45, 2.75) is 76.4 Å². The monoisotopic (exact) mass is 528 g/mol. The first kappa shape index (κ1) is 29.9. The Morgan fingerprint density at radius 3 is 2.31 bits per heavy atom. The lowest BCUT2D eigenvalue weighted by atomic mass is 9.83. The molecule has 0 aliphatic carbocycles. The minimum absolute atomic E-state index is 0.0307. The number of amides is 3. The number of hydrogen-bond donors (Lipinski definition) is 0. The fourth-order valence-electron chi connectivity index (χ4n) is 4.21. The molecule has 0 aromatic rings. The summed E-state index contributed by atoms with van der Waals surface area (Å²) in [7, 11) is 1.59. The minimum atomic E-state index is -2.01. The maximum absolute atomic E-state index is 14.0. The molecule has 2 rings (SSSR count). The molecule has 2 aliphatic rings. The van der Waals surface area contributed by atoms with E-state index in [1.807, 2.05) is 13.0 Å². The van der Waals surface area contributed by atoms with Gasteiger partial charge in [0.25, 0.3) is 11.8 Å². The summed E-state index contributed by atoms with van der Waals surface area (Å²) < 4.78 is 26.7. The van der Waals surface area contributed by atoms with Gasteiger partial charge < -0.3 is 28.3 Å². The fourth-order valence-corrected chi connectivity index (χ4v) is 5.23. The molecule has 0 radical (unpaired) electrons. The fraction of sp³-hybridized carbons (Fsp3) is 0.750. The van der Waals surface area contributed by atoms with Crippen LogP contribution in [0.5, 0.6) is 0 Å². The number of carbonyl (C=O) groups is 4. The summed E-state index contributed by atoms with van der Waals surface area (Å²) in [4.78, 5) is 54.5. The molecule has 3 amide bonds. The number of methoxy groups -OCH3 is 3. The molecule has 1 unspecified atom stereocenters. The standard InChI is InChI=1S/C24H40N2O9Si/c1-16(14-35-36(8,9)23(2,3)4)10-12-24-17(34-15-31-5)11-13-25(24)19(27)18(20(28)32-6)26(21(24)29)22(30)33-7/h10,17-18H,11-15H2,1-9H3/b16-10+/t17-,18?,24+/m0/s1. The lowest BCUT2D eigenvalue weighted by molar-refractivity contribution is -0.182. The van der Waals surface area contributed by atoms with Gasteiger partial charge >= 0.3 is 12.1 Å². The van der Waals surface area contributed by atoms with Gasteiger partial charge in [0.15, 0.2) is 13.9 Å². The molecule has 11 nitrogen and oxygen atoms in total. The predicted molar refractivity (Wildman–Crippen MR) is 132 cm³/mol. The van der Waals surface area contributed by atoms with Gasteiger partial charge in [-0.1, -0.05) is 32.4 Å². The second-order valence-corrected chi connectivity index (χ2v) is 15.4. The molecule has 2 saturated heterocycles. The molecular formula is C24H40N2O9Si. The smallest absolute Gasteiger partial charge is 0.417 e. The average Bonchev–Trinajstić information content (AvgIpc) is 3.20. The van der Waals surface area contributed by atoms with Gasteiger partial charge in [-0.25, -0.2) is 14.5 Å². The van der Waals surface area contributed by atoms with E-state index in [2.05, 4.69) is 33.9 Å². The van der Waals surface area contributed by atoms with Gasteiger partial charge in [-0.3, -0.25) is 9.59 Å². The van der Waals surface area contributed by atoms with Crippen LogP contribution >= 0.6 is 0 Å². The Balaban J connectivity index is 2.49. The quantitative estimate of drug-likeness (QED) is 0.146. The Labute approximate surface area is 214 Å². The molecule has 0 aromatic carbocycles. The van der Waals surface area contributed by atoms with Crippen LogP contribution in [0.1, 0.15) is 40.5 Å². The molecule has 2 aliphatic heterocycles. The summed E-state index contributed by atoms with van der Waals surface area (Å²) in [6.45, 7) is 13.0. The molecule has 0 N–H and O–H groups in total. The van der Waals surface area contributed by atoms with Crippen molar-refractivity contribution < 1.29 is 42.6 Å². The zero-order valence-corrected chi connectivity index (χ0v) is 23.8. The Kier molecular flexibility index (Phi) is 9.49. The molecule has 36 heavy (non-hydrogen) atoms. The number of fused-ring (bicyclic) bond motifs is 1. The highest BCUT2D eigenvalue weighted by molar-refractivity contribution is 6.74. The van der Waals surface area contributed by atoms with Crippen molar-refractivity contribution in [3.63, 3.8) is 0 Å². The minimum Gasteiger partial charge on any atom is -0.467 e. The lowest BCUT2D eigenvalue weighted by Gasteiger charge is -2.48. The highest BCUT2D eigenvalue weighted by Crippen LogP contribution is 2.42. The third-order valence-corrected chi connectivity index (χ3v) is 11.9. The molecule has 3 atom stereocenters. The average molecular weight is 529 g/mol. The summed E-state index contributed by atoms with van der Waals surface area (Å²) in [5, 5.41) is 0.0307. The summed E-state index contributed by atoms with van der Waals surface area (Å²) in [6.07, 6.45) is 0.303. The van der Waals surface area contributed by atoms with Crippen LogP contribution in [-0.2, 0) is 37.8 Å². The van der Waals surface area contributed by atoms with Crippen molar-refractivity contribution in [2.75, 3.05) is 41.3 Å². The van der Waals surface area contributed by atoms with Crippen LogP contribution in [0.3, 0.4) is 0 Å². The van der Waals surface area contributed by atoms with Gasteiger partial charge in [-0.05, 0) is 31.5 Å². The van der Waals surface area contributed by atoms with E-state index in [-0.39, 0.29) is 24.8 Å². The van der Waals surface area contributed by atoms with Crippen molar-refractivity contribution in [3.8, 4) is 0 Å². The number of ether oxygens (including phenoxy) is 4. The van der Waals surface area contributed by atoms with Gasteiger partial charge in [0.2, 0.25) is 6.04 Å². The first-order valence-corrected chi connectivity index (χ1v) is 14.8. The number of imide groups is 1. The van der Waals surface area contributed by atoms with E-state index in [0.29, 0.717) is 17.9 Å². The van der Waals surface area contributed by atoms with Gasteiger partial charge in [0, 0.05) is 20.1 Å². The second-order valence-electron chi connectivity index (χ2n) is 10.6. The number of hydrogen-bond acceptors (Lipinski definition) is 9. The number of piperazine rings is 1. The predicted octanol–water partition coefficient (Wildman–Crippen LogP) is 2.46. The van der Waals surface area contributed by atoms with Crippen LogP contribution in [0.25, 0.3) is 0 Å². The van der Waals surface area contributed by atoms with E-state index in [9.17, 15) is 19.2 Å². The summed E-state index contributed by atoms with van der Waals surface area (Å²) in [5.41, 5.74) is -0.696. The van der Waals surface area contributed by atoms with Crippen molar-refractivity contribution in [1.29, 1.82) is 0 Å². The number of rotatable bonds is 9. The van der Waals surface area contributed by atoms with E-state index < -0.39 is 49.9 Å². The van der Waals surface area contributed by atoms with Crippen molar-refractivity contribution in [3.05, 3.63) is 11.6 Å². The maximum Gasteiger partial charge on any atom is 0.417 e. The van der Waals surface area contributed by atoms with E-state index >= 15 is 0 Å². The first-order valence-electron chi connectivity index (χ1n) is 11.9. The largest absolute Gasteiger partial charge is 0.467 e. The summed E-state index contributed by atoms with van der Waals surface area (Å²) in [6, 6.07) is -1.77. The van der Waals surface area contributed by atoms with Crippen molar-refractivity contribution in [2.24, 2.45) is 0 Å². The molecule has 2 heterocycles. The molecular weight excluding hydrogens is 488 g/mol. The maximum atomic E-state index is 14.0. The van der Waals surface area contributed by atoms with Crippen LogP contribution in [0.15, 0.2) is 11.6 Å². The van der Waals surface area contributed by atoms with Crippen LogP contribution in [0.4, 0.5) is 4.79 Å².